The first-order chi connectivity index (χ1) is 9.45. The Labute approximate surface area is 134 Å². The first-order valence-electron chi connectivity index (χ1n) is 7.55. The average molecular weight is 311 g/mol. The fraction of sp³-hybridized carbons (Fsp3) is 0.588. The molecular formula is C17H27ClN2O. The second-order valence-electron chi connectivity index (χ2n) is 6.56. The van der Waals surface area contributed by atoms with E-state index in [0.717, 1.165) is 19.3 Å². The van der Waals surface area contributed by atoms with Crippen LogP contribution in [0, 0.1) is 11.3 Å². The van der Waals surface area contributed by atoms with Gasteiger partial charge in [0.05, 0.1) is 6.04 Å². The quantitative estimate of drug-likeness (QED) is 0.878. The summed E-state index contributed by atoms with van der Waals surface area (Å²) >= 11 is 0. The fourth-order valence-electron chi connectivity index (χ4n) is 2.94. The minimum Gasteiger partial charge on any atom is -0.354 e. The maximum atomic E-state index is 12.1. The van der Waals surface area contributed by atoms with Crippen molar-refractivity contribution in [1.29, 1.82) is 0 Å². The molecule has 0 aliphatic heterocycles. The molecule has 1 aromatic rings. The molecule has 2 unspecified atom stereocenters. The first kappa shape index (κ1) is 18.0. The van der Waals surface area contributed by atoms with Crippen LogP contribution in [-0.4, -0.2) is 18.5 Å². The Kier molecular flexibility index (Phi) is 6.24. The van der Waals surface area contributed by atoms with Crippen LogP contribution in [0.5, 0.6) is 0 Å². The zero-order chi connectivity index (χ0) is 14.8. The van der Waals surface area contributed by atoms with Gasteiger partial charge < -0.3 is 11.1 Å². The molecule has 2 rings (SSSR count). The standard InChI is InChI=1S/C17H26N2O.ClH/c1-4-12(2)15(18)16(20)19-11-17(3)9-13-7-5-6-8-14(13)10-17;/h5-8,12,15H,4,9-11,18H2,1-3H3,(H,19,20);1H. The Hall–Kier alpha value is -1.06. The minimum atomic E-state index is -0.396. The maximum absolute atomic E-state index is 12.1. The molecule has 1 amide bonds. The van der Waals surface area contributed by atoms with Gasteiger partial charge in [0.1, 0.15) is 0 Å². The van der Waals surface area contributed by atoms with Gasteiger partial charge in [0.15, 0.2) is 0 Å². The van der Waals surface area contributed by atoms with Crippen LogP contribution in [0.15, 0.2) is 24.3 Å². The van der Waals surface area contributed by atoms with Crippen molar-refractivity contribution in [3.05, 3.63) is 35.4 Å². The van der Waals surface area contributed by atoms with E-state index in [1.54, 1.807) is 0 Å². The molecule has 0 heterocycles. The Morgan fingerprint density at radius 1 is 1.33 bits per heavy atom. The number of hydrogen-bond donors (Lipinski definition) is 2. The third kappa shape index (κ3) is 4.21. The first-order valence-corrected chi connectivity index (χ1v) is 7.55. The van der Waals surface area contributed by atoms with E-state index in [9.17, 15) is 4.79 Å². The lowest BCUT2D eigenvalue weighted by atomic mass is 9.87. The van der Waals surface area contributed by atoms with Crippen molar-refractivity contribution in [3.8, 4) is 0 Å². The van der Waals surface area contributed by atoms with Crippen LogP contribution in [0.1, 0.15) is 38.3 Å². The number of nitrogens with one attached hydrogen (secondary N) is 1. The van der Waals surface area contributed by atoms with E-state index in [1.807, 2.05) is 6.92 Å². The van der Waals surface area contributed by atoms with E-state index in [1.165, 1.54) is 11.1 Å². The number of carbonyl (C=O) groups is 1. The lowest BCUT2D eigenvalue weighted by Crippen LogP contribution is -2.47. The summed E-state index contributed by atoms with van der Waals surface area (Å²) in [6, 6.07) is 8.15. The van der Waals surface area contributed by atoms with Crippen molar-refractivity contribution in [2.24, 2.45) is 17.1 Å². The Morgan fingerprint density at radius 3 is 2.33 bits per heavy atom. The van der Waals surface area contributed by atoms with E-state index in [0.29, 0.717) is 6.54 Å². The summed E-state index contributed by atoms with van der Waals surface area (Å²) < 4.78 is 0. The lowest BCUT2D eigenvalue weighted by molar-refractivity contribution is -0.123. The summed E-state index contributed by atoms with van der Waals surface area (Å²) in [6.45, 7) is 7.02. The molecule has 0 spiro atoms. The van der Waals surface area contributed by atoms with E-state index >= 15 is 0 Å². The molecule has 1 aromatic carbocycles. The topological polar surface area (TPSA) is 55.1 Å². The molecule has 0 saturated carbocycles. The summed E-state index contributed by atoms with van der Waals surface area (Å²) in [6.07, 6.45) is 2.99. The van der Waals surface area contributed by atoms with Gasteiger partial charge in [-0.2, -0.15) is 0 Å². The molecule has 2 atom stereocenters. The van der Waals surface area contributed by atoms with Crippen molar-refractivity contribution in [2.75, 3.05) is 6.54 Å². The van der Waals surface area contributed by atoms with Gasteiger partial charge in [0.25, 0.3) is 0 Å². The minimum absolute atomic E-state index is 0. The Balaban J connectivity index is 0.00000220. The van der Waals surface area contributed by atoms with E-state index < -0.39 is 6.04 Å². The van der Waals surface area contributed by atoms with E-state index in [-0.39, 0.29) is 29.6 Å². The zero-order valence-electron chi connectivity index (χ0n) is 13.2. The second-order valence-corrected chi connectivity index (χ2v) is 6.56. The Morgan fingerprint density at radius 2 is 1.86 bits per heavy atom. The number of amides is 1. The van der Waals surface area contributed by atoms with Gasteiger partial charge in [-0.3, -0.25) is 4.79 Å². The SMILES string of the molecule is CCC(C)C(N)C(=O)NCC1(C)Cc2ccccc2C1.Cl. The number of benzene rings is 1. The molecule has 3 nitrogen and oxygen atoms in total. The third-order valence-electron chi connectivity index (χ3n) is 4.60. The molecule has 118 valence electrons. The van der Waals surface area contributed by atoms with Gasteiger partial charge in [0.2, 0.25) is 5.91 Å². The smallest absolute Gasteiger partial charge is 0.237 e. The Bertz CT molecular complexity index is 464. The number of hydrogen-bond acceptors (Lipinski definition) is 2. The van der Waals surface area contributed by atoms with Crippen molar-refractivity contribution in [3.63, 3.8) is 0 Å². The number of rotatable bonds is 5. The molecule has 3 N–H and O–H groups in total. The molecule has 1 aliphatic rings. The molecule has 1 aliphatic carbocycles. The summed E-state index contributed by atoms with van der Waals surface area (Å²) in [5.41, 5.74) is 8.92. The van der Waals surface area contributed by atoms with Gasteiger partial charge in [-0.05, 0) is 35.3 Å². The van der Waals surface area contributed by atoms with E-state index in [2.05, 4.69) is 43.4 Å². The molecule has 0 aromatic heterocycles. The highest BCUT2D eigenvalue weighted by molar-refractivity contribution is 5.85. The highest BCUT2D eigenvalue weighted by Crippen LogP contribution is 2.35. The van der Waals surface area contributed by atoms with Crippen LogP contribution in [0.4, 0.5) is 0 Å². The number of carbonyl (C=O) groups excluding carboxylic acids is 1. The molecule has 0 bridgehead atoms. The second kappa shape index (κ2) is 7.28. The van der Waals surface area contributed by atoms with Gasteiger partial charge in [0, 0.05) is 6.54 Å². The molecule has 0 fully saturated rings. The summed E-state index contributed by atoms with van der Waals surface area (Å²) in [4.78, 5) is 12.1. The van der Waals surface area contributed by atoms with Crippen molar-refractivity contribution in [1.82, 2.24) is 5.32 Å². The highest BCUT2D eigenvalue weighted by atomic mass is 35.5. The molecule has 4 heteroatoms. The van der Waals surface area contributed by atoms with Crippen LogP contribution in [0.2, 0.25) is 0 Å². The summed E-state index contributed by atoms with van der Waals surface area (Å²) in [5.74, 6) is 0.208. The summed E-state index contributed by atoms with van der Waals surface area (Å²) in [7, 11) is 0. The molecule has 0 saturated heterocycles. The van der Waals surface area contributed by atoms with Crippen LogP contribution in [-0.2, 0) is 17.6 Å². The number of nitrogens with two attached hydrogens (primary N) is 1. The highest BCUT2D eigenvalue weighted by Gasteiger charge is 2.33. The van der Waals surface area contributed by atoms with Crippen molar-refractivity contribution in [2.45, 2.75) is 46.1 Å². The number of fused-ring (bicyclic) bond motifs is 1. The average Bonchev–Trinajstić information content (AvgIpc) is 2.79. The van der Waals surface area contributed by atoms with Crippen LogP contribution < -0.4 is 11.1 Å². The largest absolute Gasteiger partial charge is 0.354 e. The lowest BCUT2D eigenvalue weighted by Gasteiger charge is -2.26. The van der Waals surface area contributed by atoms with Crippen LogP contribution in [0.25, 0.3) is 0 Å². The van der Waals surface area contributed by atoms with Crippen molar-refractivity contribution < 1.29 is 4.79 Å². The van der Waals surface area contributed by atoms with Gasteiger partial charge >= 0.3 is 0 Å². The normalized spacial score (nSPS) is 18.3. The van der Waals surface area contributed by atoms with Crippen molar-refractivity contribution >= 4 is 18.3 Å². The molecule has 21 heavy (non-hydrogen) atoms. The molecule has 0 radical (unpaired) electrons. The number of halogens is 1. The third-order valence-corrected chi connectivity index (χ3v) is 4.60. The van der Waals surface area contributed by atoms with Gasteiger partial charge in [-0.1, -0.05) is 51.5 Å². The molecular weight excluding hydrogens is 284 g/mol. The fourth-order valence-corrected chi connectivity index (χ4v) is 2.94. The summed E-state index contributed by atoms with van der Waals surface area (Å²) in [5, 5.41) is 3.05. The van der Waals surface area contributed by atoms with E-state index in [4.69, 9.17) is 5.73 Å². The monoisotopic (exact) mass is 310 g/mol. The van der Waals surface area contributed by atoms with Gasteiger partial charge in [-0.25, -0.2) is 0 Å². The predicted octanol–water partition coefficient (Wildman–Crippen LogP) is 2.70. The van der Waals surface area contributed by atoms with Crippen LogP contribution in [0.3, 0.4) is 0 Å². The zero-order valence-corrected chi connectivity index (χ0v) is 14.0. The predicted molar refractivity (Wildman–Crippen MR) is 89.6 cm³/mol. The van der Waals surface area contributed by atoms with Crippen LogP contribution >= 0.6 is 12.4 Å². The maximum Gasteiger partial charge on any atom is 0.237 e. The van der Waals surface area contributed by atoms with Gasteiger partial charge in [-0.15, -0.1) is 12.4 Å².